The van der Waals surface area contributed by atoms with Crippen molar-refractivity contribution in [2.45, 2.75) is 51.1 Å². The molecule has 3 aromatic rings. The van der Waals surface area contributed by atoms with Gasteiger partial charge >= 0.3 is 0 Å². The van der Waals surface area contributed by atoms with Crippen LogP contribution in [-0.2, 0) is 26.2 Å². The summed E-state index contributed by atoms with van der Waals surface area (Å²) in [5.74, 6) is -0.636. The first-order valence-electron chi connectivity index (χ1n) is 13.1. The Bertz CT molecular complexity index is 1420. The number of methoxy groups -OCH3 is 1. The monoisotopic (exact) mass is 585 g/mol. The van der Waals surface area contributed by atoms with E-state index in [4.69, 9.17) is 16.3 Å². The summed E-state index contributed by atoms with van der Waals surface area (Å²) >= 11 is 6.26. The minimum Gasteiger partial charge on any atom is -0.495 e. The number of anilines is 1. The lowest BCUT2D eigenvalue weighted by Crippen LogP contribution is -2.51. The van der Waals surface area contributed by atoms with Gasteiger partial charge in [0.15, 0.2) is 0 Å². The van der Waals surface area contributed by atoms with E-state index in [1.807, 2.05) is 38.1 Å². The van der Waals surface area contributed by atoms with Crippen molar-refractivity contribution in [3.05, 3.63) is 88.9 Å². The van der Waals surface area contributed by atoms with Crippen LogP contribution in [0.25, 0.3) is 0 Å². The normalized spacial score (nSPS) is 11.9. The second kappa shape index (κ2) is 14.2. The predicted octanol–water partition coefficient (Wildman–Crippen LogP) is 5.19. The number of hydrogen-bond acceptors (Lipinski definition) is 5. The topological polar surface area (TPSA) is 96.0 Å². The van der Waals surface area contributed by atoms with Gasteiger partial charge in [-0.25, -0.2) is 8.42 Å². The van der Waals surface area contributed by atoms with Crippen LogP contribution in [0.3, 0.4) is 0 Å². The molecular formula is C30H36ClN3O5S. The van der Waals surface area contributed by atoms with Gasteiger partial charge in [0.05, 0.1) is 17.7 Å². The lowest BCUT2D eigenvalue weighted by Gasteiger charge is -2.32. The molecule has 10 heteroatoms. The van der Waals surface area contributed by atoms with Crippen LogP contribution >= 0.6 is 11.6 Å². The van der Waals surface area contributed by atoms with Crippen LogP contribution in [0.2, 0.25) is 5.02 Å². The highest BCUT2D eigenvalue weighted by Gasteiger charge is 2.34. The number of carbonyl (C=O) groups is 2. The molecule has 0 bridgehead atoms. The lowest BCUT2D eigenvalue weighted by molar-refractivity contribution is -0.139. The third kappa shape index (κ3) is 7.55. The van der Waals surface area contributed by atoms with E-state index in [9.17, 15) is 18.0 Å². The molecule has 0 heterocycles. The quantitative estimate of drug-likeness (QED) is 0.279. The van der Waals surface area contributed by atoms with Gasteiger partial charge in [-0.05, 0) is 61.7 Å². The molecule has 1 N–H and O–H groups in total. The van der Waals surface area contributed by atoms with Crippen LogP contribution in [0.15, 0.2) is 77.7 Å². The molecule has 0 saturated heterocycles. The van der Waals surface area contributed by atoms with Gasteiger partial charge in [0.2, 0.25) is 11.8 Å². The Morgan fingerprint density at radius 1 is 1.02 bits per heavy atom. The average Bonchev–Trinajstić information content (AvgIpc) is 2.95. The zero-order valence-corrected chi connectivity index (χ0v) is 24.8. The summed E-state index contributed by atoms with van der Waals surface area (Å²) in [6.07, 6.45) is 1.72. The molecule has 8 nitrogen and oxygen atoms in total. The van der Waals surface area contributed by atoms with E-state index >= 15 is 0 Å². The van der Waals surface area contributed by atoms with E-state index in [1.165, 1.54) is 30.2 Å². The highest BCUT2D eigenvalue weighted by atomic mass is 35.5. The molecule has 0 fully saturated rings. The molecule has 0 aliphatic carbocycles. The molecule has 2 amide bonds. The fourth-order valence-electron chi connectivity index (χ4n) is 4.18. The van der Waals surface area contributed by atoms with Crippen molar-refractivity contribution in [1.29, 1.82) is 0 Å². The number of hydrogen-bond donors (Lipinski definition) is 1. The van der Waals surface area contributed by atoms with Gasteiger partial charge in [-0.1, -0.05) is 67.4 Å². The first kappa shape index (κ1) is 31.0. The van der Waals surface area contributed by atoms with Crippen molar-refractivity contribution in [1.82, 2.24) is 10.2 Å². The molecule has 0 saturated carbocycles. The summed E-state index contributed by atoms with van der Waals surface area (Å²) in [4.78, 5) is 28.5. The molecule has 3 aromatic carbocycles. The van der Waals surface area contributed by atoms with Crippen molar-refractivity contribution >= 4 is 39.1 Å². The molecule has 1 atom stereocenters. The second-order valence-electron chi connectivity index (χ2n) is 9.41. The molecule has 0 unspecified atom stereocenters. The summed E-state index contributed by atoms with van der Waals surface area (Å²) in [6, 6.07) is 19.1. The van der Waals surface area contributed by atoms with Crippen LogP contribution < -0.4 is 14.4 Å². The van der Waals surface area contributed by atoms with Crippen LogP contribution in [0, 0.1) is 6.92 Å². The number of nitrogens with one attached hydrogen (secondary N) is 1. The zero-order chi connectivity index (χ0) is 29.3. The Morgan fingerprint density at radius 3 is 2.35 bits per heavy atom. The van der Waals surface area contributed by atoms with Crippen molar-refractivity contribution in [2.75, 3.05) is 24.5 Å². The zero-order valence-electron chi connectivity index (χ0n) is 23.3. The van der Waals surface area contributed by atoms with E-state index in [1.54, 1.807) is 37.3 Å². The minimum atomic E-state index is -4.23. The Labute approximate surface area is 241 Å². The minimum absolute atomic E-state index is 0.000592. The van der Waals surface area contributed by atoms with Crippen LogP contribution in [0.1, 0.15) is 37.8 Å². The summed E-state index contributed by atoms with van der Waals surface area (Å²) in [5.41, 5.74) is 1.91. The molecule has 214 valence electrons. The Kier molecular flexibility index (Phi) is 11.0. The first-order chi connectivity index (χ1) is 19.1. The van der Waals surface area contributed by atoms with Crippen LogP contribution in [0.4, 0.5) is 5.69 Å². The largest absolute Gasteiger partial charge is 0.495 e. The maximum absolute atomic E-state index is 14.0. The number of nitrogens with zero attached hydrogens (tertiary/aromatic N) is 2. The number of unbranched alkanes of at least 4 members (excludes halogenated alkanes) is 1. The number of aryl methyl sites for hydroxylation is 1. The molecule has 0 aliphatic heterocycles. The molecule has 0 aromatic heterocycles. The number of rotatable bonds is 13. The van der Waals surface area contributed by atoms with E-state index < -0.39 is 28.5 Å². The Hall–Kier alpha value is -3.56. The predicted molar refractivity (Wildman–Crippen MR) is 158 cm³/mol. The molecule has 0 spiro atoms. The SMILES string of the molecule is CCCCNC(=O)[C@@H](C)N(Cc1ccccc1C)C(=O)CN(c1cc(Cl)ccc1OC)S(=O)(=O)c1ccccc1. The van der Waals surface area contributed by atoms with Crippen molar-refractivity contribution < 1.29 is 22.7 Å². The van der Waals surface area contributed by atoms with E-state index in [0.717, 1.165) is 28.3 Å². The highest BCUT2D eigenvalue weighted by Crippen LogP contribution is 2.35. The van der Waals surface area contributed by atoms with Crippen molar-refractivity contribution in [2.24, 2.45) is 0 Å². The van der Waals surface area contributed by atoms with E-state index in [2.05, 4.69) is 5.32 Å². The molecule has 40 heavy (non-hydrogen) atoms. The van der Waals surface area contributed by atoms with Gasteiger partial charge in [-0.15, -0.1) is 0 Å². The van der Waals surface area contributed by atoms with Gasteiger partial charge in [-0.2, -0.15) is 0 Å². The van der Waals surface area contributed by atoms with Gasteiger partial charge < -0.3 is 15.0 Å². The molecule has 0 radical (unpaired) electrons. The summed E-state index contributed by atoms with van der Waals surface area (Å²) < 4.78 is 34.3. The van der Waals surface area contributed by atoms with Gasteiger partial charge in [0.25, 0.3) is 10.0 Å². The fourth-order valence-corrected chi connectivity index (χ4v) is 5.78. The average molecular weight is 586 g/mol. The summed E-state index contributed by atoms with van der Waals surface area (Å²) in [5, 5.41) is 3.16. The number of benzene rings is 3. The molecular weight excluding hydrogens is 550 g/mol. The molecule has 3 rings (SSSR count). The van der Waals surface area contributed by atoms with Gasteiger partial charge in [0, 0.05) is 18.1 Å². The smallest absolute Gasteiger partial charge is 0.264 e. The second-order valence-corrected chi connectivity index (χ2v) is 11.7. The fraction of sp³-hybridized carbons (Fsp3) is 0.333. The van der Waals surface area contributed by atoms with Gasteiger partial charge in [-0.3, -0.25) is 13.9 Å². The Balaban J connectivity index is 2.07. The number of carbonyl (C=O) groups excluding carboxylic acids is 2. The van der Waals surface area contributed by atoms with Crippen LogP contribution in [0.5, 0.6) is 5.75 Å². The third-order valence-electron chi connectivity index (χ3n) is 6.62. The van der Waals surface area contributed by atoms with E-state index in [0.29, 0.717) is 6.54 Å². The number of ether oxygens (including phenoxy) is 1. The molecule has 0 aliphatic rings. The van der Waals surface area contributed by atoms with Crippen LogP contribution in [-0.4, -0.2) is 51.4 Å². The van der Waals surface area contributed by atoms with Gasteiger partial charge in [0.1, 0.15) is 18.3 Å². The maximum atomic E-state index is 14.0. The number of sulfonamides is 1. The standard InChI is InChI=1S/C30H36ClN3O5S/c1-5-6-18-32-30(36)23(3)33(20-24-13-11-10-12-22(24)2)29(35)21-34(27-19-25(31)16-17-28(27)39-4)40(37,38)26-14-8-7-9-15-26/h7-17,19,23H,5-6,18,20-21H2,1-4H3,(H,32,36)/t23-/m1/s1. The highest BCUT2D eigenvalue weighted by molar-refractivity contribution is 7.92. The first-order valence-corrected chi connectivity index (χ1v) is 14.9. The van der Waals surface area contributed by atoms with Crippen molar-refractivity contribution in [3.8, 4) is 5.75 Å². The summed E-state index contributed by atoms with van der Waals surface area (Å²) in [6.45, 7) is 5.63. The maximum Gasteiger partial charge on any atom is 0.264 e. The van der Waals surface area contributed by atoms with E-state index in [-0.39, 0.29) is 33.8 Å². The van der Waals surface area contributed by atoms with Crippen molar-refractivity contribution in [3.63, 3.8) is 0 Å². The number of halogens is 1. The Morgan fingerprint density at radius 2 is 1.70 bits per heavy atom. The lowest BCUT2D eigenvalue weighted by atomic mass is 10.1. The number of amides is 2. The summed E-state index contributed by atoms with van der Waals surface area (Å²) in [7, 11) is -2.82. The third-order valence-corrected chi connectivity index (χ3v) is 8.63.